The fourth-order valence-electron chi connectivity index (χ4n) is 10.0. The van der Waals surface area contributed by atoms with Crippen LogP contribution in [-0.4, -0.2) is 113 Å². The minimum atomic E-state index is -0.392. The highest BCUT2D eigenvalue weighted by atomic mass is 35.5. The van der Waals surface area contributed by atoms with Gasteiger partial charge in [-0.05, 0) is 179 Å². The first-order chi connectivity index (χ1) is 42.3. The molecule has 1 amide bonds. The highest BCUT2D eigenvalue weighted by molar-refractivity contribution is 6.66. The Kier molecular flexibility index (Phi) is 19.1. The Labute approximate surface area is 507 Å². The quantitative estimate of drug-likeness (QED) is 0.0536. The molecule has 10 aromatic rings. The third kappa shape index (κ3) is 14.0. The zero-order valence-corrected chi connectivity index (χ0v) is 49.4. The van der Waals surface area contributed by atoms with E-state index >= 15 is 0 Å². The lowest BCUT2D eigenvalue weighted by atomic mass is 9.92. The smallest absolute Gasteiger partial charge is 0.339 e. The summed E-state index contributed by atoms with van der Waals surface area (Å²) < 4.78 is 17.8. The fraction of sp³-hybridized carbons (Fsp3) is 0.212. The van der Waals surface area contributed by atoms with Crippen molar-refractivity contribution in [2.75, 3.05) is 63.0 Å². The van der Waals surface area contributed by atoms with E-state index in [2.05, 4.69) is 49.1 Å². The highest BCUT2D eigenvalue weighted by Gasteiger charge is 2.24. The Morgan fingerprint density at radius 2 is 0.920 bits per heavy atom. The van der Waals surface area contributed by atoms with Crippen molar-refractivity contribution in [3.63, 3.8) is 0 Å². The van der Waals surface area contributed by atoms with Gasteiger partial charge in [0.1, 0.15) is 46.7 Å². The molecule has 444 valence electrons. The van der Waals surface area contributed by atoms with E-state index in [9.17, 15) is 19.2 Å². The third-order valence-electron chi connectivity index (χ3n) is 15.4. The van der Waals surface area contributed by atoms with Gasteiger partial charge in [0.25, 0.3) is 0 Å². The monoisotopic (exact) mass is 1190 g/mol. The first kappa shape index (κ1) is 60.0. The summed E-state index contributed by atoms with van der Waals surface area (Å²) in [6, 6.07) is 49.4. The van der Waals surface area contributed by atoms with E-state index in [4.69, 9.17) is 32.5 Å². The molecule has 0 radical (unpaired) electrons. The molecular formula is C66H67ClN14O6. The van der Waals surface area contributed by atoms with E-state index in [1.165, 1.54) is 75.5 Å². The number of ether oxygens (including phenoxy) is 2. The van der Waals surface area contributed by atoms with Crippen LogP contribution in [0.15, 0.2) is 204 Å². The number of carbonyl (C=O) groups is 2. The van der Waals surface area contributed by atoms with Crippen molar-refractivity contribution in [2.24, 2.45) is 0 Å². The van der Waals surface area contributed by atoms with E-state index in [-0.39, 0.29) is 28.9 Å². The van der Waals surface area contributed by atoms with Gasteiger partial charge in [-0.2, -0.15) is 0 Å². The molecule has 87 heavy (non-hydrogen) atoms. The van der Waals surface area contributed by atoms with Crippen molar-refractivity contribution < 1.29 is 19.1 Å². The van der Waals surface area contributed by atoms with Gasteiger partial charge < -0.3 is 31.2 Å². The number of aromatic nitrogens is 8. The number of nitrogens with one attached hydrogen (secondary N) is 1. The van der Waals surface area contributed by atoms with Crippen molar-refractivity contribution in [1.82, 2.24) is 48.0 Å². The summed E-state index contributed by atoms with van der Waals surface area (Å²) in [7, 11) is 7.74. The van der Waals surface area contributed by atoms with Crippen molar-refractivity contribution in [3.8, 4) is 45.7 Å². The number of hydrogen-bond donors (Lipinski definition) is 3. The number of hydrogen-bond acceptors (Lipinski definition) is 15. The van der Waals surface area contributed by atoms with Crippen LogP contribution >= 0.6 is 11.6 Å². The first-order valence-corrected chi connectivity index (χ1v) is 28.9. The molecule has 4 aromatic heterocycles. The number of para-hydroxylation sites is 2. The summed E-state index contributed by atoms with van der Waals surface area (Å²) in [4.78, 5) is 73.7. The summed E-state index contributed by atoms with van der Waals surface area (Å²) >= 11 is 5.14. The number of likely N-dealkylation sites (N-methyl/N-ethyl adjacent to an activating group) is 3. The highest BCUT2D eigenvalue weighted by Crippen LogP contribution is 2.30. The minimum absolute atomic E-state index is 0.122. The zero-order valence-electron chi connectivity index (χ0n) is 48.7. The second-order valence-electron chi connectivity index (χ2n) is 21.0. The largest absolute Gasteiger partial charge is 0.457 e. The second-order valence-corrected chi connectivity index (χ2v) is 21.3. The van der Waals surface area contributed by atoms with Crippen LogP contribution in [0, 0.1) is 0 Å². The minimum Gasteiger partial charge on any atom is -0.457 e. The normalized spacial score (nSPS) is 13.2. The van der Waals surface area contributed by atoms with Gasteiger partial charge in [-0.15, -0.1) is 0 Å². The van der Waals surface area contributed by atoms with Gasteiger partial charge in [0, 0.05) is 56.7 Å². The van der Waals surface area contributed by atoms with Crippen LogP contribution in [0.1, 0.15) is 38.5 Å². The number of benzene rings is 6. The lowest BCUT2D eigenvalue weighted by Gasteiger charge is -2.33. The molecule has 6 aromatic carbocycles. The molecule has 21 heteroatoms. The number of amides is 1. The Hall–Kier alpha value is -10.2. The number of rotatable bonds is 18. The zero-order chi connectivity index (χ0) is 61.0. The summed E-state index contributed by atoms with van der Waals surface area (Å²) in [5.74, 6) is 3.02. The number of anilines is 4. The predicted molar refractivity (Wildman–Crippen MR) is 343 cm³/mol. The van der Waals surface area contributed by atoms with Gasteiger partial charge in [-0.3, -0.25) is 28.5 Å². The third-order valence-corrected chi connectivity index (χ3v) is 15.5. The van der Waals surface area contributed by atoms with Crippen LogP contribution in [0.5, 0.6) is 23.0 Å². The number of nitrogen functional groups attached to an aromatic ring is 2. The number of halogens is 1. The average Bonchev–Trinajstić information content (AvgIpc) is 1.79. The maximum absolute atomic E-state index is 13.9. The van der Waals surface area contributed by atoms with Crippen LogP contribution < -0.4 is 42.5 Å². The van der Waals surface area contributed by atoms with E-state index < -0.39 is 5.24 Å². The molecule has 4 heterocycles. The molecule has 0 spiro atoms. The van der Waals surface area contributed by atoms with Crippen LogP contribution in [0.25, 0.3) is 45.1 Å². The lowest BCUT2D eigenvalue weighted by molar-refractivity contribution is -0.114. The molecule has 0 saturated heterocycles. The van der Waals surface area contributed by atoms with E-state index in [0.717, 1.165) is 30.6 Å². The topological polar surface area (TPSA) is 232 Å². The predicted octanol–water partition coefficient (Wildman–Crippen LogP) is 10.7. The molecule has 2 saturated carbocycles. The lowest BCUT2D eigenvalue weighted by Crippen LogP contribution is -2.37. The summed E-state index contributed by atoms with van der Waals surface area (Å²) in [5, 5.41) is 2.68. The maximum Gasteiger partial charge on any atom is 0.339 e. The molecule has 2 fully saturated rings. The van der Waals surface area contributed by atoms with Crippen molar-refractivity contribution >= 4 is 68.1 Å². The van der Waals surface area contributed by atoms with Crippen LogP contribution in [-0.2, 0) is 9.59 Å². The number of allylic oxidation sites excluding steroid dienone is 1. The Morgan fingerprint density at radius 1 is 0.540 bits per heavy atom. The Morgan fingerprint density at radius 3 is 1.31 bits per heavy atom. The first-order valence-electron chi connectivity index (χ1n) is 28.5. The number of fused-ring (bicyclic) bond motifs is 2. The molecule has 20 nitrogen and oxygen atoms in total. The van der Waals surface area contributed by atoms with Crippen molar-refractivity contribution in [3.05, 3.63) is 216 Å². The van der Waals surface area contributed by atoms with E-state index in [1.807, 2.05) is 104 Å². The number of imidazole rings is 2. The van der Waals surface area contributed by atoms with Crippen LogP contribution in [0.4, 0.5) is 23.0 Å². The molecule has 0 aliphatic heterocycles. The van der Waals surface area contributed by atoms with Crippen LogP contribution in [0.2, 0.25) is 0 Å². The van der Waals surface area contributed by atoms with Gasteiger partial charge in [-0.25, -0.2) is 38.7 Å². The van der Waals surface area contributed by atoms with E-state index in [1.54, 1.807) is 90.8 Å². The van der Waals surface area contributed by atoms with Gasteiger partial charge in [-0.1, -0.05) is 61.4 Å². The fourth-order valence-corrected chi connectivity index (χ4v) is 10.1. The molecule has 5 N–H and O–H groups in total. The molecule has 12 rings (SSSR count). The Bertz CT molecular complexity index is 4160. The SMILES string of the molecule is CN(C(=O)/C=C/CN(C)C1CCC1)c1ccc(-n2c(=O)n(-c3ccc(Oc4ccccc4)cc3)c3c(N)ncnc32)cc1.CN(C/C=C/C(=O)Cl)C1CCC1.CNc1ccc(-n2c(=O)n(-c3ccc(Oc4ccccc4)cc3)c3c(N)ncnc32)cc1. The van der Waals surface area contributed by atoms with E-state index in [0.29, 0.717) is 74.1 Å². The standard InChI is InChI=1S/C33H33N7O3.C24H20N6O2.C9H14ClNO/c1-37(23-8-6-9-23)21-7-12-29(41)38(2)24-13-15-26(16-14-24)40-32-30(31(34)35-22-36-32)39(33(40)42)25-17-19-28(20-18-25)43-27-10-4-3-5-11-27;1-26-16-7-9-18(10-8-16)30-23-21(22(25)27-15-28-23)29(24(30)31)17-11-13-20(14-12-17)32-19-5-3-2-4-6-19;1-11(8-4-2-5-8)7-3-6-9(10)12/h3-5,7,10-20,22-23H,6,8-9,21H2,1-2H3,(H2,34,35,36);2-15,26H,1H3,(H2,25,27,28);3,6,8H,2,4-5,7H2,1H3/b12-7+;;6-3+. The molecule has 0 bridgehead atoms. The van der Waals surface area contributed by atoms with Gasteiger partial charge in [0.05, 0.1) is 22.7 Å². The van der Waals surface area contributed by atoms with Crippen molar-refractivity contribution in [2.45, 2.75) is 50.6 Å². The average molecular weight is 1190 g/mol. The molecular weight excluding hydrogens is 1120 g/mol. The Balaban J connectivity index is 0.000000166. The van der Waals surface area contributed by atoms with Gasteiger partial charge in [0.15, 0.2) is 22.9 Å². The summed E-state index contributed by atoms with van der Waals surface area (Å²) in [6.45, 7) is 1.56. The van der Waals surface area contributed by atoms with Gasteiger partial charge in [0.2, 0.25) is 11.1 Å². The maximum atomic E-state index is 13.9. The number of carbonyl (C=O) groups excluding carboxylic acids is 2. The van der Waals surface area contributed by atoms with Crippen LogP contribution in [0.3, 0.4) is 0 Å². The number of nitrogens with zero attached hydrogens (tertiary/aromatic N) is 11. The second kappa shape index (κ2) is 27.7. The molecule has 0 unspecified atom stereocenters. The molecule has 0 atom stereocenters. The molecule has 2 aliphatic carbocycles. The van der Waals surface area contributed by atoms with Gasteiger partial charge >= 0.3 is 11.4 Å². The summed E-state index contributed by atoms with van der Waals surface area (Å²) in [5.41, 5.74) is 17.6. The number of nitrogens with two attached hydrogens (primary N) is 2. The molecule has 2 aliphatic rings. The van der Waals surface area contributed by atoms with Crippen molar-refractivity contribution in [1.29, 1.82) is 0 Å². The summed E-state index contributed by atoms with van der Waals surface area (Å²) in [6.07, 6.45) is 17.1.